The fourth-order valence-corrected chi connectivity index (χ4v) is 3.43. The molecule has 1 aliphatic rings. The number of β-lactam (4-membered cyclic amide) rings is 1. The Morgan fingerprint density at radius 1 is 1.13 bits per heavy atom. The van der Waals surface area contributed by atoms with E-state index in [2.05, 4.69) is 10.5 Å². The zero-order valence-corrected chi connectivity index (χ0v) is 16.1. The van der Waals surface area contributed by atoms with E-state index in [4.69, 9.17) is 4.74 Å². The van der Waals surface area contributed by atoms with Crippen molar-refractivity contribution >= 4 is 23.5 Å². The molecule has 0 saturated carbocycles. The van der Waals surface area contributed by atoms with Crippen LogP contribution in [-0.4, -0.2) is 64.5 Å². The molecule has 0 spiro atoms. The molecule has 0 radical (unpaired) electrons. The van der Waals surface area contributed by atoms with Crippen molar-refractivity contribution in [2.75, 3.05) is 13.7 Å². The third-order valence-corrected chi connectivity index (χ3v) is 4.92. The number of oxime groups is 1. The molecule has 3 atom stereocenters. The lowest BCUT2D eigenvalue weighted by Crippen LogP contribution is -2.73. The summed E-state index contributed by atoms with van der Waals surface area (Å²) in [6.45, 7) is -0.492. The van der Waals surface area contributed by atoms with E-state index in [0.29, 0.717) is 11.1 Å². The number of carbonyl (C=O) groups is 3. The molecular formula is C21H21N3O6. The fourth-order valence-electron chi connectivity index (χ4n) is 3.43. The molecule has 0 bridgehead atoms. The third-order valence-electron chi connectivity index (χ3n) is 4.92. The number of methoxy groups -OCH3 is 1. The van der Waals surface area contributed by atoms with E-state index in [1.807, 2.05) is 0 Å². The number of hydrogen-bond acceptors (Lipinski definition) is 7. The molecule has 0 aliphatic carbocycles. The number of amides is 2. The Hall–Kier alpha value is -3.72. The zero-order chi connectivity index (χ0) is 21.7. The minimum Gasteiger partial charge on any atom is -0.467 e. The number of ether oxygens (including phenoxy) is 1. The summed E-state index contributed by atoms with van der Waals surface area (Å²) in [4.78, 5) is 39.0. The van der Waals surface area contributed by atoms with Gasteiger partial charge in [0.05, 0.1) is 19.8 Å². The molecule has 1 saturated heterocycles. The molecule has 2 amide bonds. The maximum absolute atomic E-state index is 12.8. The largest absolute Gasteiger partial charge is 0.467 e. The molecule has 1 aliphatic heterocycles. The lowest BCUT2D eigenvalue weighted by atomic mass is 9.90. The normalized spacial score (nSPS) is 19.6. The Labute approximate surface area is 172 Å². The Bertz CT molecular complexity index is 948. The quantitative estimate of drug-likeness (QED) is 0.200. The van der Waals surface area contributed by atoms with Gasteiger partial charge in [-0.25, -0.2) is 4.79 Å². The molecule has 9 heteroatoms. The van der Waals surface area contributed by atoms with Crippen LogP contribution in [-0.2, 0) is 19.1 Å². The van der Waals surface area contributed by atoms with Crippen molar-refractivity contribution in [1.82, 2.24) is 10.2 Å². The Morgan fingerprint density at radius 2 is 1.73 bits per heavy atom. The van der Waals surface area contributed by atoms with Crippen LogP contribution in [0.1, 0.15) is 17.2 Å². The van der Waals surface area contributed by atoms with Crippen molar-refractivity contribution in [2.24, 2.45) is 5.16 Å². The number of aliphatic hydroxyl groups is 1. The first-order valence-corrected chi connectivity index (χ1v) is 9.17. The van der Waals surface area contributed by atoms with Gasteiger partial charge in [0, 0.05) is 5.56 Å². The number of benzene rings is 2. The van der Waals surface area contributed by atoms with Gasteiger partial charge in [0.15, 0.2) is 11.8 Å². The van der Waals surface area contributed by atoms with Gasteiger partial charge >= 0.3 is 5.97 Å². The lowest BCUT2D eigenvalue weighted by Gasteiger charge is -2.49. The summed E-state index contributed by atoms with van der Waals surface area (Å²) in [6, 6.07) is 13.8. The predicted molar refractivity (Wildman–Crippen MR) is 106 cm³/mol. The number of nitrogens with one attached hydrogen (secondary N) is 1. The van der Waals surface area contributed by atoms with Crippen molar-refractivity contribution in [3.63, 3.8) is 0 Å². The number of esters is 1. The lowest BCUT2D eigenvalue weighted by molar-refractivity contribution is -0.170. The van der Waals surface area contributed by atoms with Gasteiger partial charge in [-0.15, -0.1) is 0 Å². The third kappa shape index (κ3) is 3.87. The topological polar surface area (TPSA) is 129 Å². The predicted octanol–water partition coefficient (Wildman–Crippen LogP) is 0.467. The molecule has 3 N–H and O–H groups in total. The number of likely N-dealkylation sites (tertiary alicyclic amines) is 1. The average Bonchev–Trinajstić information content (AvgIpc) is 2.79. The highest BCUT2D eigenvalue weighted by Crippen LogP contribution is 2.33. The molecule has 1 heterocycles. The van der Waals surface area contributed by atoms with E-state index in [1.54, 1.807) is 60.7 Å². The van der Waals surface area contributed by atoms with Gasteiger partial charge in [-0.1, -0.05) is 65.8 Å². The highest BCUT2D eigenvalue weighted by atomic mass is 16.5. The maximum Gasteiger partial charge on any atom is 0.333 e. The monoisotopic (exact) mass is 411 g/mol. The molecule has 2 aromatic carbocycles. The van der Waals surface area contributed by atoms with E-state index < -0.39 is 42.5 Å². The van der Waals surface area contributed by atoms with Crippen LogP contribution in [0.15, 0.2) is 65.8 Å². The van der Waals surface area contributed by atoms with Gasteiger partial charge in [0.1, 0.15) is 6.04 Å². The molecule has 156 valence electrons. The van der Waals surface area contributed by atoms with Crippen LogP contribution in [0.4, 0.5) is 0 Å². The van der Waals surface area contributed by atoms with Crippen LogP contribution < -0.4 is 5.32 Å². The van der Waals surface area contributed by atoms with Crippen LogP contribution in [0.3, 0.4) is 0 Å². The molecule has 30 heavy (non-hydrogen) atoms. The molecule has 2 aromatic rings. The first-order chi connectivity index (χ1) is 14.5. The van der Waals surface area contributed by atoms with Crippen LogP contribution in [0.5, 0.6) is 0 Å². The summed E-state index contributed by atoms with van der Waals surface area (Å²) in [5.74, 6) is -2.01. The van der Waals surface area contributed by atoms with Gasteiger partial charge in [0.25, 0.3) is 5.91 Å². The maximum atomic E-state index is 12.8. The summed E-state index contributed by atoms with van der Waals surface area (Å²) in [5.41, 5.74) is 0.604. The number of nitrogens with zero attached hydrogens (tertiary/aromatic N) is 2. The second-order valence-electron chi connectivity index (χ2n) is 6.60. The first kappa shape index (κ1) is 21.0. The van der Waals surface area contributed by atoms with Crippen LogP contribution in [0, 0.1) is 0 Å². The van der Waals surface area contributed by atoms with Crippen molar-refractivity contribution < 1.29 is 29.4 Å². The van der Waals surface area contributed by atoms with Gasteiger partial charge in [0.2, 0.25) is 5.91 Å². The standard InChI is InChI=1S/C21H21N3O6/c1-30-21(28)18(14-10-6-3-7-11-14)24-15(12-25)17(20(24)27)22-19(26)16(23-29)13-8-4-2-5-9-13/h2-11,15,17-18,25,29H,12H2,1H3,(H,22,26)/b23-16+. The number of aliphatic hydroxyl groups excluding tert-OH is 1. The van der Waals surface area contributed by atoms with Crippen molar-refractivity contribution in [1.29, 1.82) is 0 Å². The van der Waals surface area contributed by atoms with Crippen molar-refractivity contribution in [2.45, 2.75) is 18.1 Å². The summed E-state index contributed by atoms with van der Waals surface area (Å²) in [5, 5.41) is 24.6. The van der Waals surface area contributed by atoms with Gasteiger partial charge in [-0.05, 0) is 5.56 Å². The van der Waals surface area contributed by atoms with Crippen molar-refractivity contribution in [3.8, 4) is 0 Å². The summed E-state index contributed by atoms with van der Waals surface area (Å²) >= 11 is 0. The molecule has 3 unspecified atom stereocenters. The summed E-state index contributed by atoms with van der Waals surface area (Å²) < 4.78 is 4.84. The number of rotatable bonds is 7. The molecular weight excluding hydrogens is 390 g/mol. The zero-order valence-electron chi connectivity index (χ0n) is 16.1. The van der Waals surface area contributed by atoms with E-state index in [-0.39, 0.29) is 5.71 Å². The second-order valence-corrected chi connectivity index (χ2v) is 6.60. The molecule has 9 nitrogen and oxygen atoms in total. The SMILES string of the molecule is COC(=O)C(c1ccccc1)N1C(=O)C(NC(=O)/C(=N/O)c2ccccc2)C1CO. The Balaban J connectivity index is 1.81. The van der Waals surface area contributed by atoms with Crippen LogP contribution >= 0.6 is 0 Å². The Morgan fingerprint density at radius 3 is 2.27 bits per heavy atom. The minimum atomic E-state index is -1.08. The minimum absolute atomic E-state index is 0.272. The number of hydrogen-bond donors (Lipinski definition) is 3. The van der Waals surface area contributed by atoms with E-state index in [9.17, 15) is 24.7 Å². The van der Waals surface area contributed by atoms with Gasteiger partial charge in [-0.3, -0.25) is 9.59 Å². The van der Waals surface area contributed by atoms with Crippen LogP contribution in [0.2, 0.25) is 0 Å². The van der Waals surface area contributed by atoms with E-state index >= 15 is 0 Å². The highest BCUT2D eigenvalue weighted by molar-refractivity contribution is 6.45. The van der Waals surface area contributed by atoms with Crippen molar-refractivity contribution in [3.05, 3.63) is 71.8 Å². The summed E-state index contributed by atoms with van der Waals surface area (Å²) in [7, 11) is 1.21. The van der Waals surface area contributed by atoms with E-state index in [0.717, 1.165) is 0 Å². The molecule has 3 rings (SSSR count). The molecule has 1 fully saturated rings. The average molecular weight is 411 g/mol. The highest BCUT2D eigenvalue weighted by Gasteiger charge is 2.53. The smallest absolute Gasteiger partial charge is 0.333 e. The van der Waals surface area contributed by atoms with Gasteiger partial charge < -0.3 is 25.3 Å². The van der Waals surface area contributed by atoms with E-state index in [1.165, 1.54) is 12.0 Å². The van der Waals surface area contributed by atoms with Crippen LogP contribution in [0.25, 0.3) is 0 Å². The second kappa shape index (κ2) is 9.19. The Kier molecular flexibility index (Phi) is 6.43. The number of carbonyl (C=O) groups excluding carboxylic acids is 3. The summed E-state index contributed by atoms with van der Waals surface area (Å²) in [6.07, 6.45) is 0. The first-order valence-electron chi connectivity index (χ1n) is 9.17. The van der Waals surface area contributed by atoms with Gasteiger partial charge in [-0.2, -0.15) is 0 Å². The molecule has 0 aromatic heterocycles. The fraction of sp³-hybridized carbons (Fsp3) is 0.238.